The molecule has 0 atom stereocenters. The number of benzene rings is 2. The number of methoxy groups -OCH3 is 1. The third-order valence-corrected chi connectivity index (χ3v) is 5.10. The Morgan fingerprint density at radius 2 is 1.62 bits per heavy atom. The van der Waals surface area contributed by atoms with Crippen LogP contribution in [0.15, 0.2) is 54.2 Å². The van der Waals surface area contributed by atoms with Crippen LogP contribution in [0.5, 0.6) is 5.75 Å². The van der Waals surface area contributed by atoms with Gasteiger partial charge in [-0.15, -0.1) is 0 Å². The average molecular weight is 396 g/mol. The van der Waals surface area contributed by atoms with Crippen molar-refractivity contribution in [3.8, 4) is 5.75 Å². The second-order valence-electron chi connectivity index (χ2n) is 6.87. The molecular formula is C22H21FN2O4. The highest BCUT2D eigenvalue weighted by Gasteiger charge is 2.41. The lowest BCUT2D eigenvalue weighted by Crippen LogP contribution is -2.40. The van der Waals surface area contributed by atoms with Gasteiger partial charge >= 0.3 is 0 Å². The predicted molar refractivity (Wildman–Crippen MR) is 104 cm³/mol. The first-order valence-corrected chi connectivity index (χ1v) is 9.40. The van der Waals surface area contributed by atoms with Gasteiger partial charge in [-0.1, -0.05) is 24.3 Å². The van der Waals surface area contributed by atoms with E-state index in [1.54, 1.807) is 43.5 Å². The van der Waals surface area contributed by atoms with E-state index in [9.17, 15) is 14.0 Å². The van der Waals surface area contributed by atoms with Crippen molar-refractivity contribution >= 4 is 17.4 Å². The molecule has 2 amide bonds. The maximum Gasteiger partial charge on any atom is 0.278 e. The Morgan fingerprint density at radius 1 is 0.966 bits per heavy atom. The Balaban J connectivity index is 1.71. The Morgan fingerprint density at radius 3 is 2.24 bits per heavy atom. The summed E-state index contributed by atoms with van der Waals surface area (Å²) in [6.07, 6.45) is 0. The molecule has 150 valence electrons. The van der Waals surface area contributed by atoms with Gasteiger partial charge in [0, 0.05) is 13.1 Å². The summed E-state index contributed by atoms with van der Waals surface area (Å²) in [4.78, 5) is 29.7. The highest BCUT2D eigenvalue weighted by atomic mass is 19.1. The molecule has 2 heterocycles. The fourth-order valence-electron chi connectivity index (χ4n) is 3.58. The molecule has 2 aromatic rings. The lowest BCUT2D eigenvalue weighted by atomic mass is 10.0. The first kappa shape index (κ1) is 19.1. The fourth-order valence-corrected chi connectivity index (χ4v) is 3.58. The Kier molecular flexibility index (Phi) is 5.31. The van der Waals surface area contributed by atoms with Gasteiger partial charge in [-0.2, -0.15) is 0 Å². The smallest absolute Gasteiger partial charge is 0.278 e. The van der Waals surface area contributed by atoms with E-state index in [4.69, 9.17) is 9.47 Å². The van der Waals surface area contributed by atoms with Crippen LogP contribution in [-0.2, 0) is 20.9 Å². The largest absolute Gasteiger partial charge is 0.497 e. The van der Waals surface area contributed by atoms with Gasteiger partial charge in [0.1, 0.15) is 17.3 Å². The van der Waals surface area contributed by atoms with Crippen molar-refractivity contribution in [2.75, 3.05) is 33.4 Å². The average Bonchev–Trinajstić information content (AvgIpc) is 3.00. The van der Waals surface area contributed by atoms with Crippen LogP contribution in [-0.4, -0.2) is 55.0 Å². The molecule has 2 aliphatic rings. The number of morpholine rings is 1. The summed E-state index contributed by atoms with van der Waals surface area (Å²) in [6, 6.07) is 12.9. The minimum Gasteiger partial charge on any atom is -0.497 e. The number of hydrogen-bond donors (Lipinski definition) is 0. The van der Waals surface area contributed by atoms with Crippen molar-refractivity contribution < 1.29 is 23.5 Å². The number of imide groups is 1. The van der Waals surface area contributed by atoms with Gasteiger partial charge in [0.2, 0.25) is 0 Å². The van der Waals surface area contributed by atoms with Crippen LogP contribution in [0.3, 0.4) is 0 Å². The number of hydrogen-bond acceptors (Lipinski definition) is 5. The number of nitrogens with zero attached hydrogens (tertiary/aromatic N) is 2. The second kappa shape index (κ2) is 8.05. The maximum absolute atomic E-state index is 13.3. The number of carbonyl (C=O) groups is 2. The van der Waals surface area contributed by atoms with E-state index in [0.29, 0.717) is 54.4 Å². The summed E-state index contributed by atoms with van der Waals surface area (Å²) < 4.78 is 23.8. The minimum absolute atomic E-state index is 0.0887. The molecule has 0 saturated carbocycles. The van der Waals surface area contributed by atoms with Crippen molar-refractivity contribution in [2.24, 2.45) is 0 Å². The van der Waals surface area contributed by atoms with Crippen LogP contribution >= 0.6 is 0 Å². The predicted octanol–water partition coefficient (Wildman–Crippen LogP) is 2.45. The first-order valence-electron chi connectivity index (χ1n) is 9.40. The summed E-state index contributed by atoms with van der Waals surface area (Å²) in [6.45, 7) is 2.17. The molecule has 0 bridgehead atoms. The van der Waals surface area contributed by atoms with Crippen LogP contribution in [0, 0.1) is 5.82 Å². The van der Waals surface area contributed by atoms with Crippen molar-refractivity contribution in [1.82, 2.24) is 9.80 Å². The third kappa shape index (κ3) is 3.73. The number of amides is 2. The summed E-state index contributed by atoms with van der Waals surface area (Å²) >= 11 is 0. The van der Waals surface area contributed by atoms with E-state index in [2.05, 4.69) is 0 Å². The monoisotopic (exact) mass is 396 g/mol. The highest BCUT2D eigenvalue weighted by Crippen LogP contribution is 2.33. The molecule has 1 fully saturated rings. The summed E-state index contributed by atoms with van der Waals surface area (Å²) in [5.74, 6) is -0.390. The molecule has 2 aliphatic heterocycles. The molecule has 7 heteroatoms. The first-order chi connectivity index (χ1) is 14.1. The SMILES string of the molecule is COc1ccc(C2=C(N3CCOCC3)C(=O)N(Cc3ccc(F)cc3)C2=O)cc1. The quantitative estimate of drug-likeness (QED) is 0.727. The normalized spacial score (nSPS) is 17.3. The fraction of sp³-hybridized carbons (Fsp3) is 0.273. The zero-order chi connectivity index (χ0) is 20.4. The van der Waals surface area contributed by atoms with Gasteiger partial charge < -0.3 is 14.4 Å². The lowest BCUT2D eigenvalue weighted by molar-refractivity contribution is -0.138. The van der Waals surface area contributed by atoms with Crippen molar-refractivity contribution in [3.63, 3.8) is 0 Å². The summed E-state index contributed by atoms with van der Waals surface area (Å²) in [7, 11) is 1.57. The number of rotatable bonds is 5. The van der Waals surface area contributed by atoms with E-state index in [0.717, 1.165) is 0 Å². The molecule has 4 rings (SSSR count). The van der Waals surface area contributed by atoms with E-state index in [1.165, 1.54) is 17.0 Å². The van der Waals surface area contributed by atoms with Crippen LogP contribution in [0.25, 0.3) is 5.57 Å². The van der Waals surface area contributed by atoms with Crippen molar-refractivity contribution in [3.05, 3.63) is 71.2 Å². The van der Waals surface area contributed by atoms with Crippen LogP contribution in [0.4, 0.5) is 4.39 Å². The molecule has 0 spiro atoms. The molecule has 0 aliphatic carbocycles. The van der Waals surface area contributed by atoms with Gasteiger partial charge in [0.15, 0.2) is 0 Å². The molecular weight excluding hydrogens is 375 g/mol. The number of halogens is 1. The molecule has 6 nitrogen and oxygen atoms in total. The molecule has 29 heavy (non-hydrogen) atoms. The zero-order valence-corrected chi connectivity index (χ0v) is 16.1. The van der Waals surface area contributed by atoms with Crippen LogP contribution in [0.1, 0.15) is 11.1 Å². The zero-order valence-electron chi connectivity index (χ0n) is 16.1. The standard InChI is InChI=1S/C22H21FN2O4/c1-28-18-8-4-16(5-9-18)19-20(24-10-12-29-13-11-24)22(27)25(21(19)26)14-15-2-6-17(23)7-3-15/h2-9H,10-14H2,1H3. The van der Waals surface area contributed by atoms with E-state index < -0.39 is 0 Å². The van der Waals surface area contributed by atoms with E-state index in [-0.39, 0.29) is 24.2 Å². The van der Waals surface area contributed by atoms with Crippen molar-refractivity contribution in [1.29, 1.82) is 0 Å². The summed E-state index contributed by atoms with van der Waals surface area (Å²) in [5, 5.41) is 0. The van der Waals surface area contributed by atoms with Gasteiger partial charge in [-0.05, 0) is 35.4 Å². The Hall–Kier alpha value is -3.19. The third-order valence-electron chi connectivity index (χ3n) is 5.10. The van der Waals surface area contributed by atoms with Crippen LogP contribution < -0.4 is 4.74 Å². The molecule has 0 aromatic heterocycles. The van der Waals surface area contributed by atoms with Crippen molar-refractivity contribution in [2.45, 2.75) is 6.54 Å². The van der Waals surface area contributed by atoms with Gasteiger partial charge in [-0.25, -0.2) is 4.39 Å². The molecule has 0 unspecified atom stereocenters. The van der Waals surface area contributed by atoms with E-state index in [1.807, 2.05) is 4.90 Å². The molecule has 2 aromatic carbocycles. The van der Waals surface area contributed by atoms with Gasteiger partial charge in [0.25, 0.3) is 11.8 Å². The Labute approximate surface area is 168 Å². The highest BCUT2D eigenvalue weighted by molar-refractivity contribution is 6.35. The van der Waals surface area contributed by atoms with E-state index >= 15 is 0 Å². The minimum atomic E-state index is -0.362. The van der Waals surface area contributed by atoms with Gasteiger partial charge in [-0.3, -0.25) is 14.5 Å². The molecule has 0 radical (unpaired) electrons. The maximum atomic E-state index is 13.3. The van der Waals surface area contributed by atoms with Gasteiger partial charge in [0.05, 0.1) is 32.4 Å². The Bertz CT molecular complexity index is 948. The topological polar surface area (TPSA) is 59.1 Å². The second-order valence-corrected chi connectivity index (χ2v) is 6.87. The number of ether oxygens (including phenoxy) is 2. The van der Waals surface area contributed by atoms with Crippen LogP contribution in [0.2, 0.25) is 0 Å². The number of carbonyl (C=O) groups excluding carboxylic acids is 2. The summed E-state index contributed by atoms with van der Waals surface area (Å²) in [5.41, 5.74) is 2.12. The molecule has 1 saturated heterocycles. The molecule has 0 N–H and O–H groups in total. The lowest BCUT2D eigenvalue weighted by Gasteiger charge is -2.29.